The number of carbonyl (C=O) groups excluding carboxylic acids is 1. The monoisotopic (exact) mass is 259 g/mol. The van der Waals surface area contributed by atoms with Crippen LogP contribution >= 0.6 is 0 Å². The molecule has 0 aromatic carbocycles. The lowest BCUT2D eigenvalue weighted by Gasteiger charge is -2.12. The molecule has 0 spiro atoms. The van der Waals surface area contributed by atoms with Crippen LogP contribution in [0.4, 0.5) is 5.82 Å². The van der Waals surface area contributed by atoms with Gasteiger partial charge < -0.3 is 15.0 Å². The second kappa shape index (κ2) is 4.34. The zero-order chi connectivity index (χ0) is 13.4. The minimum atomic E-state index is -0.225. The van der Waals surface area contributed by atoms with E-state index in [0.717, 1.165) is 0 Å². The van der Waals surface area contributed by atoms with Gasteiger partial charge in [0.1, 0.15) is 11.8 Å². The van der Waals surface area contributed by atoms with E-state index >= 15 is 0 Å². The summed E-state index contributed by atoms with van der Waals surface area (Å²) >= 11 is 0. The summed E-state index contributed by atoms with van der Waals surface area (Å²) in [4.78, 5) is 23.8. The fourth-order valence-corrected chi connectivity index (χ4v) is 2.32. The molecule has 0 fully saturated rings. The van der Waals surface area contributed by atoms with Gasteiger partial charge >= 0.3 is 5.97 Å². The lowest BCUT2D eigenvalue weighted by Crippen LogP contribution is -2.14. The second-order valence-corrected chi connectivity index (χ2v) is 4.40. The second-order valence-electron chi connectivity index (χ2n) is 4.40. The van der Waals surface area contributed by atoms with E-state index in [0.29, 0.717) is 23.4 Å². The van der Waals surface area contributed by atoms with E-state index in [1.165, 1.54) is 13.4 Å². The van der Waals surface area contributed by atoms with Crippen molar-refractivity contribution in [1.82, 2.24) is 19.5 Å². The molecule has 0 unspecified atom stereocenters. The quantitative estimate of drug-likeness (QED) is 0.630. The molecule has 0 aliphatic heterocycles. The van der Waals surface area contributed by atoms with Gasteiger partial charge in [-0.25, -0.2) is 15.0 Å². The smallest absolute Gasteiger partial charge is 0.312 e. The van der Waals surface area contributed by atoms with Crippen LogP contribution in [-0.2, 0) is 9.53 Å². The highest BCUT2D eigenvalue weighted by molar-refractivity contribution is 5.81. The summed E-state index contributed by atoms with van der Waals surface area (Å²) in [5.74, 6) is -0.0841. The van der Waals surface area contributed by atoms with Crippen LogP contribution in [0.15, 0.2) is 24.8 Å². The molecule has 2 heterocycles. The Morgan fingerprint density at radius 1 is 1.42 bits per heavy atom. The molecular weight excluding hydrogens is 246 g/mol. The number of methoxy groups -OCH3 is 1. The lowest BCUT2D eigenvalue weighted by atomic mass is 10.1. The van der Waals surface area contributed by atoms with Crippen molar-refractivity contribution in [3.8, 4) is 0 Å². The summed E-state index contributed by atoms with van der Waals surface area (Å²) in [6, 6.07) is 0.0309. The molecular formula is C12H13N5O2. The number of nitrogens with two attached hydrogens (primary N) is 1. The van der Waals surface area contributed by atoms with E-state index in [9.17, 15) is 4.79 Å². The van der Waals surface area contributed by atoms with Crippen molar-refractivity contribution in [2.75, 3.05) is 12.8 Å². The Labute approximate surface area is 109 Å². The number of nitrogen functional groups attached to an aromatic ring is 1. The van der Waals surface area contributed by atoms with Crippen LogP contribution in [-0.4, -0.2) is 32.6 Å². The van der Waals surface area contributed by atoms with Crippen molar-refractivity contribution in [2.24, 2.45) is 5.92 Å². The van der Waals surface area contributed by atoms with Gasteiger partial charge in [-0.2, -0.15) is 0 Å². The van der Waals surface area contributed by atoms with Crippen molar-refractivity contribution in [3.05, 3.63) is 24.8 Å². The van der Waals surface area contributed by atoms with E-state index < -0.39 is 0 Å². The van der Waals surface area contributed by atoms with Gasteiger partial charge in [-0.05, 0) is 6.42 Å². The van der Waals surface area contributed by atoms with E-state index in [-0.39, 0.29) is 17.9 Å². The number of anilines is 1. The molecule has 0 amide bonds. The predicted molar refractivity (Wildman–Crippen MR) is 68.0 cm³/mol. The van der Waals surface area contributed by atoms with Crippen LogP contribution in [0.1, 0.15) is 12.5 Å². The van der Waals surface area contributed by atoms with Crippen LogP contribution in [0.5, 0.6) is 0 Å². The molecule has 3 rings (SSSR count). The Bertz CT molecular complexity index is 663. The van der Waals surface area contributed by atoms with Crippen LogP contribution < -0.4 is 5.73 Å². The van der Waals surface area contributed by atoms with Crippen molar-refractivity contribution < 1.29 is 9.53 Å². The number of aromatic nitrogens is 4. The van der Waals surface area contributed by atoms with E-state index in [4.69, 9.17) is 10.5 Å². The fourth-order valence-electron chi connectivity index (χ4n) is 2.32. The minimum Gasteiger partial charge on any atom is -0.469 e. The zero-order valence-electron chi connectivity index (χ0n) is 10.4. The maximum atomic E-state index is 11.5. The Morgan fingerprint density at radius 2 is 2.26 bits per heavy atom. The van der Waals surface area contributed by atoms with E-state index in [1.54, 1.807) is 6.33 Å². The molecule has 7 heteroatoms. The first kappa shape index (κ1) is 11.6. The third-order valence-electron chi connectivity index (χ3n) is 3.31. The van der Waals surface area contributed by atoms with E-state index in [1.807, 2.05) is 16.7 Å². The SMILES string of the molecule is COC(=O)[C@H]1C=C[C@@H](n2cnc3c(N)ncnc32)C1. The summed E-state index contributed by atoms with van der Waals surface area (Å²) in [5.41, 5.74) is 7.00. The maximum absolute atomic E-state index is 11.5. The molecule has 7 nitrogen and oxygen atoms in total. The number of esters is 1. The van der Waals surface area contributed by atoms with E-state index in [2.05, 4.69) is 15.0 Å². The summed E-state index contributed by atoms with van der Waals surface area (Å²) in [7, 11) is 1.39. The predicted octanol–water partition coefficient (Wildman–Crippen LogP) is 0.699. The van der Waals surface area contributed by atoms with Gasteiger partial charge in [0.2, 0.25) is 0 Å². The molecule has 1 aliphatic rings. The van der Waals surface area contributed by atoms with Gasteiger partial charge in [-0.1, -0.05) is 12.2 Å². The molecule has 0 bridgehead atoms. The largest absolute Gasteiger partial charge is 0.469 e. The van der Waals surface area contributed by atoms with Gasteiger partial charge in [0.05, 0.1) is 25.4 Å². The van der Waals surface area contributed by atoms with Gasteiger partial charge in [-0.3, -0.25) is 4.79 Å². The average Bonchev–Trinajstić information content (AvgIpc) is 3.04. The fraction of sp³-hybridized carbons (Fsp3) is 0.333. The normalized spacial score (nSPS) is 21.9. The molecule has 0 saturated carbocycles. The third-order valence-corrected chi connectivity index (χ3v) is 3.31. The molecule has 2 atom stereocenters. The first-order valence-electron chi connectivity index (χ1n) is 5.90. The first-order valence-corrected chi connectivity index (χ1v) is 5.90. The summed E-state index contributed by atoms with van der Waals surface area (Å²) < 4.78 is 6.64. The number of carbonyl (C=O) groups is 1. The highest BCUT2D eigenvalue weighted by atomic mass is 16.5. The molecule has 2 aromatic heterocycles. The number of allylic oxidation sites excluding steroid dienone is 1. The van der Waals surface area contributed by atoms with Crippen LogP contribution in [0.3, 0.4) is 0 Å². The summed E-state index contributed by atoms with van der Waals surface area (Å²) in [6.45, 7) is 0. The highest BCUT2D eigenvalue weighted by Crippen LogP contribution is 2.31. The zero-order valence-corrected chi connectivity index (χ0v) is 10.4. The van der Waals surface area contributed by atoms with Crippen molar-refractivity contribution >= 4 is 23.0 Å². The minimum absolute atomic E-state index is 0.0309. The number of rotatable bonds is 2. The molecule has 2 N–H and O–H groups in total. The van der Waals surface area contributed by atoms with Gasteiger partial charge in [0.25, 0.3) is 0 Å². The molecule has 1 aliphatic carbocycles. The topological polar surface area (TPSA) is 95.9 Å². The van der Waals surface area contributed by atoms with Crippen molar-refractivity contribution in [3.63, 3.8) is 0 Å². The Hall–Kier alpha value is -2.44. The van der Waals surface area contributed by atoms with Gasteiger partial charge in [0.15, 0.2) is 11.5 Å². The van der Waals surface area contributed by atoms with Gasteiger partial charge in [0, 0.05) is 0 Å². The highest BCUT2D eigenvalue weighted by Gasteiger charge is 2.27. The van der Waals surface area contributed by atoms with Crippen LogP contribution in [0, 0.1) is 5.92 Å². The number of nitrogens with zero attached hydrogens (tertiary/aromatic N) is 4. The van der Waals surface area contributed by atoms with Crippen LogP contribution in [0.2, 0.25) is 0 Å². The standard InChI is InChI=1S/C12H13N5O2/c1-19-12(18)7-2-3-8(4-7)17-6-16-9-10(13)14-5-15-11(9)17/h2-3,5-8H,4H2,1H3,(H2,13,14,15)/t7-,8+/m0/s1. The summed E-state index contributed by atoms with van der Waals surface area (Å²) in [6.07, 6.45) is 7.53. The van der Waals surface area contributed by atoms with Crippen molar-refractivity contribution in [1.29, 1.82) is 0 Å². The Balaban J connectivity index is 1.93. The van der Waals surface area contributed by atoms with Crippen molar-refractivity contribution in [2.45, 2.75) is 12.5 Å². The van der Waals surface area contributed by atoms with Crippen LogP contribution in [0.25, 0.3) is 11.2 Å². The number of ether oxygens (including phenoxy) is 1. The number of imidazole rings is 1. The molecule has 0 saturated heterocycles. The molecule has 19 heavy (non-hydrogen) atoms. The first-order chi connectivity index (χ1) is 9.20. The third kappa shape index (κ3) is 1.83. The maximum Gasteiger partial charge on any atom is 0.312 e. The number of hydrogen-bond acceptors (Lipinski definition) is 6. The Kier molecular flexibility index (Phi) is 2.66. The lowest BCUT2D eigenvalue weighted by molar-refractivity contribution is -0.143. The Morgan fingerprint density at radius 3 is 3.05 bits per heavy atom. The number of fused-ring (bicyclic) bond motifs is 1. The van der Waals surface area contributed by atoms with Gasteiger partial charge in [-0.15, -0.1) is 0 Å². The molecule has 2 aromatic rings. The number of hydrogen-bond donors (Lipinski definition) is 1. The average molecular weight is 259 g/mol. The molecule has 0 radical (unpaired) electrons. The molecule has 98 valence electrons. The summed E-state index contributed by atoms with van der Waals surface area (Å²) in [5, 5.41) is 0.